The molecule has 0 radical (unpaired) electrons. The second-order valence-corrected chi connectivity index (χ2v) is 6.11. The van der Waals surface area contributed by atoms with E-state index in [1.165, 1.54) is 0 Å². The minimum atomic E-state index is -1.01. The third kappa shape index (κ3) is 4.61. The molecule has 0 aliphatic rings. The normalized spacial score (nSPS) is 11.7. The van der Waals surface area contributed by atoms with Gasteiger partial charge in [0.1, 0.15) is 5.75 Å². The monoisotopic (exact) mass is 352 g/mol. The molecule has 0 heterocycles. The van der Waals surface area contributed by atoms with E-state index in [1.54, 1.807) is 30.3 Å². The molecule has 3 aromatic rings. The molecular formula is C21H17ClO3. The zero-order chi connectivity index (χ0) is 17.6. The number of benzene rings is 3. The van der Waals surface area contributed by atoms with E-state index in [0.717, 1.165) is 16.7 Å². The van der Waals surface area contributed by atoms with Crippen LogP contribution in [0, 0.1) is 0 Å². The molecule has 0 aliphatic heterocycles. The number of ether oxygens (including phenoxy) is 1. The van der Waals surface area contributed by atoms with Crippen molar-refractivity contribution >= 4 is 17.6 Å². The van der Waals surface area contributed by atoms with Crippen LogP contribution in [0.1, 0.15) is 5.56 Å². The summed E-state index contributed by atoms with van der Waals surface area (Å²) in [6, 6.07) is 24.5. The molecule has 0 aliphatic carbocycles. The minimum absolute atomic E-state index is 0.246. The van der Waals surface area contributed by atoms with E-state index >= 15 is 0 Å². The van der Waals surface area contributed by atoms with Crippen LogP contribution >= 0.6 is 11.6 Å². The lowest BCUT2D eigenvalue weighted by Gasteiger charge is -2.16. The van der Waals surface area contributed by atoms with Gasteiger partial charge in [-0.25, -0.2) is 4.79 Å². The van der Waals surface area contributed by atoms with E-state index in [1.807, 2.05) is 48.5 Å². The van der Waals surface area contributed by atoms with E-state index in [0.29, 0.717) is 10.8 Å². The lowest BCUT2D eigenvalue weighted by atomic mass is 10.1. The van der Waals surface area contributed by atoms with Crippen LogP contribution in [0.3, 0.4) is 0 Å². The molecule has 126 valence electrons. The Bertz CT molecular complexity index is 845. The fourth-order valence-corrected chi connectivity index (χ4v) is 2.79. The topological polar surface area (TPSA) is 46.5 Å². The fraction of sp³-hybridized carbons (Fsp3) is 0.0952. The van der Waals surface area contributed by atoms with E-state index in [-0.39, 0.29) is 6.42 Å². The highest BCUT2D eigenvalue weighted by molar-refractivity contribution is 6.30. The molecule has 0 spiro atoms. The average molecular weight is 353 g/mol. The number of hydrogen-bond donors (Lipinski definition) is 1. The summed E-state index contributed by atoms with van der Waals surface area (Å²) in [5.41, 5.74) is 2.97. The molecule has 1 atom stereocenters. The zero-order valence-electron chi connectivity index (χ0n) is 13.4. The average Bonchev–Trinajstić information content (AvgIpc) is 2.62. The minimum Gasteiger partial charge on any atom is -0.478 e. The maximum absolute atomic E-state index is 11.5. The number of carboxylic acid groups (broad SMARTS) is 1. The van der Waals surface area contributed by atoms with Crippen molar-refractivity contribution in [3.63, 3.8) is 0 Å². The summed E-state index contributed by atoms with van der Waals surface area (Å²) < 4.78 is 5.67. The number of halogens is 1. The van der Waals surface area contributed by atoms with Crippen LogP contribution in [-0.4, -0.2) is 17.2 Å². The van der Waals surface area contributed by atoms with Gasteiger partial charge in [-0.15, -0.1) is 0 Å². The van der Waals surface area contributed by atoms with Crippen molar-refractivity contribution in [1.82, 2.24) is 0 Å². The Balaban J connectivity index is 1.73. The molecule has 3 rings (SSSR count). The molecular weight excluding hydrogens is 336 g/mol. The first-order valence-electron chi connectivity index (χ1n) is 7.91. The van der Waals surface area contributed by atoms with Gasteiger partial charge in [0.15, 0.2) is 6.10 Å². The second-order valence-electron chi connectivity index (χ2n) is 5.67. The molecule has 3 nitrogen and oxygen atoms in total. The van der Waals surface area contributed by atoms with Crippen LogP contribution in [0.25, 0.3) is 11.1 Å². The second kappa shape index (κ2) is 7.86. The predicted molar refractivity (Wildman–Crippen MR) is 99.1 cm³/mol. The summed E-state index contributed by atoms with van der Waals surface area (Å²) in [6.45, 7) is 0. The summed E-state index contributed by atoms with van der Waals surface area (Å²) in [5, 5.41) is 10.0. The van der Waals surface area contributed by atoms with E-state index in [9.17, 15) is 9.90 Å². The van der Waals surface area contributed by atoms with E-state index in [2.05, 4.69) is 0 Å². The molecule has 3 aromatic carbocycles. The molecule has 1 N–H and O–H groups in total. The Hall–Kier alpha value is -2.78. The maximum Gasteiger partial charge on any atom is 0.345 e. The van der Waals surface area contributed by atoms with Crippen LogP contribution in [0.2, 0.25) is 5.02 Å². The van der Waals surface area contributed by atoms with E-state index < -0.39 is 12.1 Å². The molecule has 0 amide bonds. The van der Waals surface area contributed by atoms with Crippen molar-refractivity contribution in [3.8, 4) is 16.9 Å². The van der Waals surface area contributed by atoms with Gasteiger partial charge in [0.2, 0.25) is 0 Å². The van der Waals surface area contributed by atoms with Crippen molar-refractivity contribution in [1.29, 1.82) is 0 Å². The van der Waals surface area contributed by atoms with Crippen LogP contribution in [0.5, 0.6) is 5.75 Å². The molecule has 0 saturated carbocycles. The van der Waals surface area contributed by atoms with Gasteiger partial charge in [-0.3, -0.25) is 0 Å². The predicted octanol–water partition coefficient (Wildman–Crippen LogP) is 5.08. The van der Waals surface area contributed by atoms with Gasteiger partial charge >= 0.3 is 5.97 Å². The van der Waals surface area contributed by atoms with Gasteiger partial charge in [-0.1, -0.05) is 66.2 Å². The van der Waals surface area contributed by atoms with Crippen molar-refractivity contribution in [2.24, 2.45) is 0 Å². The highest BCUT2D eigenvalue weighted by Gasteiger charge is 2.20. The molecule has 0 bridgehead atoms. The van der Waals surface area contributed by atoms with Crippen LogP contribution in [0.15, 0.2) is 78.9 Å². The van der Waals surface area contributed by atoms with Gasteiger partial charge in [-0.05, 0) is 41.0 Å². The first-order chi connectivity index (χ1) is 12.1. The molecule has 0 unspecified atom stereocenters. The summed E-state index contributed by atoms with van der Waals surface area (Å²) in [5.74, 6) is -0.485. The lowest BCUT2D eigenvalue weighted by molar-refractivity contribution is -0.145. The first-order valence-corrected chi connectivity index (χ1v) is 8.29. The number of rotatable bonds is 6. The third-order valence-corrected chi connectivity index (χ3v) is 4.06. The molecule has 4 heteroatoms. The molecule has 0 fully saturated rings. The summed E-state index contributed by atoms with van der Waals surface area (Å²) in [4.78, 5) is 11.5. The summed E-state index contributed by atoms with van der Waals surface area (Å²) in [7, 11) is 0. The Morgan fingerprint density at radius 2 is 1.60 bits per heavy atom. The SMILES string of the molecule is O=C(O)[C@@H](Cc1cccc(Cl)c1)Oc1ccc(-c2ccccc2)cc1. The highest BCUT2D eigenvalue weighted by Crippen LogP contribution is 2.23. The summed E-state index contributed by atoms with van der Waals surface area (Å²) >= 11 is 5.96. The van der Waals surface area contributed by atoms with Crippen LogP contribution in [-0.2, 0) is 11.2 Å². The Morgan fingerprint density at radius 1 is 0.920 bits per heavy atom. The van der Waals surface area contributed by atoms with Crippen molar-refractivity contribution < 1.29 is 14.6 Å². The number of carbonyl (C=O) groups is 1. The number of carboxylic acids is 1. The quantitative estimate of drug-likeness (QED) is 0.672. The van der Waals surface area contributed by atoms with Gasteiger partial charge in [0.25, 0.3) is 0 Å². The summed E-state index contributed by atoms with van der Waals surface area (Å²) in [6.07, 6.45) is -0.725. The van der Waals surface area contributed by atoms with Crippen molar-refractivity contribution in [2.45, 2.75) is 12.5 Å². The molecule has 0 saturated heterocycles. The van der Waals surface area contributed by atoms with Crippen molar-refractivity contribution in [2.75, 3.05) is 0 Å². The number of aliphatic carboxylic acids is 1. The lowest BCUT2D eigenvalue weighted by Crippen LogP contribution is -2.29. The third-order valence-electron chi connectivity index (χ3n) is 3.83. The van der Waals surface area contributed by atoms with Gasteiger partial charge in [-0.2, -0.15) is 0 Å². The smallest absolute Gasteiger partial charge is 0.345 e. The Morgan fingerprint density at radius 3 is 2.24 bits per heavy atom. The first kappa shape index (κ1) is 17.1. The van der Waals surface area contributed by atoms with Crippen LogP contribution < -0.4 is 4.74 Å². The fourth-order valence-electron chi connectivity index (χ4n) is 2.58. The Labute approximate surface area is 151 Å². The number of hydrogen-bond acceptors (Lipinski definition) is 2. The highest BCUT2D eigenvalue weighted by atomic mass is 35.5. The Kier molecular flexibility index (Phi) is 5.36. The maximum atomic E-state index is 11.5. The van der Waals surface area contributed by atoms with E-state index in [4.69, 9.17) is 16.3 Å². The van der Waals surface area contributed by atoms with Crippen LogP contribution in [0.4, 0.5) is 0 Å². The van der Waals surface area contributed by atoms with Gasteiger partial charge in [0, 0.05) is 11.4 Å². The standard InChI is InChI=1S/C21H17ClO3/c22-18-8-4-5-15(13-18)14-20(21(23)24)25-19-11-9-17(10-12-19)16-6-2-1-3-7-16/h1-13,20H,14H2,(H,23,24)/t20-/m1/s1. The zero-order valence-corrected chi connectivity index (χ0v) is 14.2. The molecule has 0 aromatic heterocycles. The largest absolute Gasteiger partial charge is 0.478 e. The van der Waals surface area contributed by atoms with Gasteiger partial charge in [0.05, 0.1) is 0 Å². The van der Waals surface area contributed by atoms with Crippen molar-refractivity contribution in [3.05, 3.63) is 89.4 Å². The van der Waals surface area contributed by atoms with Gasteiger partial charge < -0.3 is 9.84 Å². The molecule has 25 heavy (non-hydrogen) atoms.